The Balaban J connectivity index is 2.36. The molecule has 1 atom stereocenters. The van der Waals surface area contributed by atoms with Crippen molar-refractivity contribution in [1.29, 1.82) is 0 Å². The molecule has 2 N–H and O–H groups in total. The summed E-state index contributed by atoms with van der Waals surface area (Å²) in [5.41, 5.74) is 0. The maximum Gasteiger partial charge on any atom is 0.317 e. The van der Waals surface area contributed by atoms with Crippen molar-refractivity contribution in [1.82, 2.24) is 10.2 Å². The molecule has 0 heterocycles. The van der Waals surface area contributed by atoms with Crippen LogP contribution in [0.3, 0.4) is 0 Å². The van der Waals surface area contributed by atoms with Gasteiger partial charge in [0.2, 0.25) is 0 Å². The molecule has 1 saturated carbocycles. The number of amides is 2. The minimum Gasteiger partial charge on any atom is -0.481 e. The monoisotopic (exact) mass is 270 g/mol. The first-order chi connectivity index (χ1) is 9.08. The zero-order chi connectivity index (χ0) is 14.3. The second kappa shape index (κ2) is 8.02. The zero-order valence-electron chi connectivity index (χ0n) is 12.0. The van der Waals surface area contributed by atoms with E-state index in [0.29, 0.717) is 12.6 Å². The summed E-state index contributed by atoms with van der Waals surface area (Å²) in [4.78, 5) is 24.7. The van der Waals surface area contributed by atoms with E-state index in [1.165, 1.54) is 0 Å². The van der Waals surface area contributed by atoms with Gasteiger partial charge in [-0.1, -0.05) is 26.7 Å². The van der Waals surface area contributed by atoms with E-state index in [2.05, 4.69) is 12.2 Å². The van der Waals surface area contributed by atoms with Crippen LogP contribution in [0.5, 0.6) is 0 Å². The highest BCUT2D eigenvalue weighted by Gasteiger charge is 2.32. The van der Waals surface area contributed by atoms with E-state index in [1.807, 2.05) is 11.8 Å². The summed E-state index contributed by atoms with van der Waals surface area (Å²) in [6.45, 7) is 5.33. The molecule has 2 amide bonds. The average Bonchev–Trinajstić information content (AvgIpc) is 3.19. The lowest BCUT2D eigenvalue weighted by Gasteiger charge is -2.24. The third-order valence-corrected chi connectivity index (χ3v) is 3.58. The van der Waals surface area contributed by atoms with E-state index >= 15 is 0 Å². The molecular weight excluding hydrogens is 244 g/mol. The van der Waals surface area contributed by atoms with Crippen LogP contribution in [-0.2, 0) is 4.79 Å². The number of rotatable bonds is 9. The molecule has 5 heteroatoms. The van der Waals surface area contributed by atoms with Crippen LogP contribution in [-0.4, -0.2) is 41.1 Å². The Hall–Kier alpha value is -1.26. The highest BCUT2D eigenvalue weighted by molar-refractivity contribution is 5.75. The number of hydrogen-bond donors (Lipinski definition) is 2. The molecule has 110 valence electrons. The first kappa shape index (κ1) is 15.8. The van der Waals surface area contributed by atoms with E-state index in [9.17, 15) is 9.59 Å². The smallest absolute Gasteiger partial charge is 0.317 e. The lowest BCUT2D eigenvalue weighted by molar-refractivity contribution is -0.138. The lowest BCUT2D eigenvalue weighted by Crippen LogP contribution is -2.43. The summed E-state index contributed by atoms with van der Waals surface area (Å²) in [5.74, 6) is -0.778. The van der Waals surface area contributed by atoms with E-state index < -0.39 is 5.97 Å². The number of carboxylic acid groups (broad SMARTS) is 1. The molecule has 0 aromatic heterocycles. The predicted octanol–water partition coefficient (Wildman–Crippen LogP) is 2.46. The molecule has 0 aromatic rings. The van der Waals surface area contributed by atoms with Crippen molar-refractivity contribution in [3.05, 3.63) is 0 Å². The quantitative estimate of drug-likeness (QED) is 0.676. The van der Waals surface area contributed by atoms with Crippen LogP contribution in [0.1, 0.15) is 52.4 Å². The van der Waals surface area contributed by atoms with Gasteiger partial charge in [-0.2, -0.15) is 0 Å². The number of carboxylic acids is 1. The summed E-state index contributed by atoms with van der Waals surface area (Å²) in [6, 6.07) is 0.380. The summed E-state index contributed by atoms with van der Waals surface area (Å²) in [7, 11) is 0. The van der Waals surface area contributed by atoms with Gasteiger partial charge >= 0.3 is 12.0 Å². The van der Waals surface area contributed by atoms with Gasteiger partial charge in [0.1, 0.15) is 0 Å². The maximum absolute atomic E-state index is 12.1. The number of nitrogens with zero attached hydrogens (tertiary/aromatic N) is 1. The van der Waals surface area contributed by atoms with Crippen LogP contribution in [0.2, 0.25) is 0 Å². The van der Waals surface area contributed by atoms with Gasteiger partial charge in [-0.3, -0.25) is 4.79 Å². The molecule has 0 aromatic carbocycles. The molecule has 0 bridgehead atoms. The van der Waals surface area contributed by atoms with Gasteiger partial charge < -0.3 is 15.3 Å². The highest BCUT2D eigenvalue weighted by Crippen LogP contribution is 2.27. The largest absolute Gasteiger partial charge is 0.481 e. The Bertz CT molecular complexity index is 303. The van der Waals surface area contributed by atoms with Crippen LogP contribution in [0.25, 0.3) is 0 Å². The third-order valence-electron chi connectivity index (χ3n) is 3.58. The number of hydrogen-bond acceptors (Lipinski definition) is 2. The Labute approximate surface area is 115 Å². The number of nitrogens with one attached hydrogen (secondary N) is 1. The highest BCUT2D eigenvalue weighted by atomic mass is 16.4. The van der Waals surface area contributed by atoms with Gasteiger partial charge in [0.05, 0.1) is 0 Å². The molecule has 0 saturated heterocycles. The van der Waals surface area contributed by atoms with E-state index in [1.54, 1.807) is 0 Å². The van der Waals surface area contributed by atoms with Crippen molar-refractivity contribution in [2.45, 2.75) is 58.4 Å². The molecule has 1 unspecified atom stereocenters. The van der Waals surface area contributed by atoms with Gasteiger partial charge in [-0.15, -0.1) is 0 Å². The fourth-order valence-electron chi connectivity index (χ4n) is 2.11. The van der Waals surface area contributed by atoms with Crippen LogP contribution < -0.4 is 5.32 Å². The molecule has 1 fully saturated rings. The number of aliphatic carboxylic acids is 1. The summed E-state index contributed by atoms with van der Waals surface area (Å²) >= 11 is 0. The number of carbonyl (C=O) groups is 2. The van der Waals surface area contributed by atoms with Crippen LogP contribution in [0.4, 0.5) is 4.79 Å². The van der Waals surface area contributed by atoms with Crippen molar-refractivity contribution in [2.75, 3.05) is 13.1 Å². The summed E-state index contributed by atoms with van der Waals surface area (Å²) < 4.78 is 0. The molecule has 1 rings (SSSR count). The third kappa shape index (κ3) is 5.94. The van der Waals surface area contributed by atoms with Gasteiger partial charge in [0, 0.05) is 25.6 Å². The second-order valence-electron chi connectivity index (χ2n) is 5.34. The van der Waals surface area contributed by atoms with E-state index in [4.69, 9.17) is 5.11 Å². The molecule has 0 radical (unpaired) electrons. The van der Waals surface area contributed by atoms with Crippen molar-refractivity contribution >= 4 is 12.0 Å². The molecule has 0 spiro atoms. The average molecular weight is 270 g/mol. The molecule has 1 aliphatic carbocycles. The van der Waals surface area contributed by atoms with Crippen LogP contribution >= 0.6 is 0 Å². The van der Waals surface area contributed by atoms with Gasteiger partial charge in [0.25, 0.3) is 0 Å². The zero-order valence-corrected chi connectivity index (χ0v) is 12.0. The Morgan fingerprint density at radius 2 is 2.05 bits per heavy atom. The van der Waals surface area contributed by atoms with E-state index in [-0.39, 0.29) is 18.4 Å². The van der Waals surface area contributed by atoms with Crippen LogP contribution in [0.15, 0.2) is 0 Å². The topological polar surface area (TPSA) is 69.6 Å². The fraction of sp³-hybridized carbons (Fsp3) is 0.857. The molecular formula is C14H26N2O3. The Morgan fingerprint density at radius 1 is 1.37 bits per heavy atom. The lowest BCUT2D eigenvalue weighted by atomic mass is 10.0. The van der Waals surface area contributed by atoms with Crippen molar-refractivity contribution in [2.24, 2.45) is 5.92 Å². The number of urea groups is 1. The molecule has 5 nitrogen and oxygen atoms in total. The standard InChI is InChI=1S/C14H26N2O3/c1-3-5-8-16(12-6-7-12)14(19)15-10-11(4-2)9-13(17)18/h11-12H,3-10H2,1-2H3,(H,15,19)(H,17,18). The van der Waals surface area contributed by atoms with Crippen LogP contribution in [0, 0.1) is 5.92 Å². The van der Waals surface area contributed by atoms with Gasteiger partial charge in [-0.05, 0) is 25.2 Å². The SMILES string of the molecule is CCCCN(C(=O)NCC(CC)CC(=O)O)C1CC1. The van der Waals surface area contributed by atoms with Gasteiger partial charge in [0.15, 0.2) is 0 Å². The number of unbranched alkanes of at least 4 members (excludes halogenated alkanes) is 1. The minimum atomic E-state index is -0.800. The van der Waals surface area contributed by atoms with Crippen molar-refractivity contribution in [3.63, 3.8) is 0 Å². The number of carbonyl (C=O) groups excluding carboxylic acids is 1. The maximum atomic E-state index is 12.1. The first-order valence-electron chi connectivity index (χ1n) is 7.34. The molecule has 0 aliphatic heterocycles. The minimum absolute atomic E-state index is 0.0219. The summed E-state index contributed by atoms with van der Waals surface area (Å²) in [5, 5.41) is 11.7. The predicted molar refractivity (Wildman–Crippen MR) is 74.1 cm³/mol. The van der Waals surface area contributed by atoms with Crippen molar-refractivity contribution in [3.8, 4) is 0 Å². The van der Waals surface area contributed by atoms with Crippen molar-refractivity contribution < 1.29 is 14.7 Å². The fourth-order valence-corrected chi connectivity index (χ4v) is 2.11. The molecule has 1 aliphatic rings. The first-order valence-corrected chi connectivity index (χ1v) is 7.34. The van der Waals surface area contributed by atoms with E-state index in [0.717, 1.165) is 38.6 Å². The van der Waals surface area contributed by atoms with Gasteiger partial charge in [-0.25, -0.2) is 4.79 Å². The molecule has 19 heavy (non-hydrogen) atoms. The Kier molecular flexibility index (Phi) is 6.67. The Morgan fingerprint density at radius 3 is 2.53 bits per heavy atom. The second-order valence-corrected chi connectivity index (χ2v) is 5.34. The summed E-state index contributed by atoms with van der Waals surface area (Å²) in [6.07, 6.45) is 5.19. The normalized spacial score (nSPS) is 15.9.